The third kappa shape index (κ3) is 2.38. The summed E-state index contributed by atoms with van der Waals surface area (Å²) in [5, 5.41) is 12.0. The zero-order chi connectivity index (χ0) is 10.8. The molecule has 0 bridgehead atoms. The number of carbonyl (C=O) groups is 1. The quantitative estimate of drug-likeness (QED) is 0.867. The van der Waals surface area contributed by atoms with E-state index in [1.54, 1.807) is 0 Å². The molecule has 0 aromatic heterocycles. The van der Waals surface area contributed by atoms with E-state index < -0.39 is 12.0 Å². The highest BCUT2D eigenvalue weighted by molar-refractivity contribution is 9.10. The molecule has 2 rings (SSSR count). The Kier molecular flexibility index (Phi) is 3.07. The normalized spacial score (nSPS) is 25.4. The second-order valence-electron chi connectivity index (χ2n) is 3.74. The highest BCUT2D eigenvalue weighted by Crippen LogP contribution is 2.27. The van der Waals surface area contributed by atoms with Gasteiger partial charge in [-0.05, 0) is 30.5 Å². The van der Waals surface area contributed by atoms with E-state index in [-0.39, 0.29) is 6.04 Å². The lowest BCUT2D eigenvalue weighted by Gasteiger charge is -2.12. The van der Waals surface area contributed by atoms with Crippen molar-refractivity contribution in [3.8, 4) is 0 Å². The molecule has 1 saturated heterocycles. The molecular formula is C11H12BrNO2. The Morgan fingerprint density at radius 3 is 2.53 bits per heavy atom. The lowest BCUT2D eigenvalue weighted by molar-refractivity contribution is -0.139. The molecule has 0 spiro atoms. The van der Waals surface area contributed by atoms with Crippen LogP contribution in [0.2, 0.25) is 0 Å². The minimum atomic E-state index is -0.755. The fraction of sp³-hybridized carbons (Fsp3) is 0.364. The Morgan fingerprint density at radius 1 is 1.33 bits per heavy atom. The van der Waals surface area contributed by atoms with Crippen molar-refractivity contribution < 1.29 is 9.90 Å². The summed E-state index contributed by atoms with van der Waals surface area (Å²) in [6.45, 7) is 0. The summed E-state index contributed by atoms with van der Waals surface area (Å²) >= 11 is 3.37. The van der Waals surface area contributed by atoms with Gasteiger partial charge in [-0.2, -0.15) is 0 Å². The molecule has 1 aromatic carbocycles. The van der Waals surface area contributed by atoms with Gasteiger partial charge in [0.2, 0.25) is 0 Å². The Labute approximate surface area is 96.6 Å². The van der Waals surface area contributed by atoms with Crippen LogP contribution in [-0.2, 0) is 4.79 Å². The average molecular weight is 270 g/mol. The maximum atomic E-state index is 10.8. The smallest absolute Gasteiger partial charge is 0.320 e. The van der Waals surface area contributed by atoms with Gasteiger partial charge in [-0.1, -0.05) is 28.1 Å². The van der Waals surface area contributed by atoms with Crippen molar-refractivity contribution in [3.63, 3.8) is 0 Å². The first-order valence-electron chi connectivity index (χ1n) is 4.91. The summed E-state index contributed by atoms with van der Waals surface area (Å²) in [6.07, 6.45) is 1.59. The Hall–Kier alpha value is -0.870. The van der Waals surface area contributed by atoms with E-state index in [9.17, 15) is 4.79 Å². The van der Waals surface area contributed by atoms with Crippen LogP contribution >= 0.6 is 15.9 Å². The Balaban J connectivity index is 2.07. The molecule has 2 unspecified atom stereocenters. The molecule has 0 saturated carbocycles. The van der Waals surface area contributed by atoms with Gasteiger partial charge in [0, 0.05) is 10.5 Å². The van der Waals surface area contributed by atoms with Gasteiger partial charge in [-0.15, -0.1) is 0 Å². The fourth-order valence-corrected chi connectivity index (χ4v) is 2.16. The molecule has 0 amide bonds. The van der Waals surface area contributed by atoms with E-state index in [2.05, 4.69) is 21.2 Å². The maximum absolute atomic E-state index is 10.8. The van der Waals surface area contributed by atoms with Crippen LogP contribution in [0.5, 0.6) is 0 Å². The van der Waals surface area contributed by atoms with Crippen molar-refractivity contribution in [2.75, 3.05) is 0 Å². The second-order valence-corrected chi connectivity index (χ2v) is 4.65. The molecule has 1 fully saturated rings. The molecule has 80 valence electrons. The summed E-state index contributed by atoms with van der Waals surface area (Å²) in [5.41, 5.74) is 1.15. The maximum Gasteiger partial charge on any atom is 0.320 e. The van der Waals surface area contributed by atoms with E-state index in [1.807, 2.05) is 24.3 Å². The van der Waals surface area contributed by atoms with Gasteiger partial charge < -0.3 is 5.11 Å². The molecule has 2 N–H and O–H groups in total. The van der Waals surface area contributed by atoms with Crippen molar-refractivity contribution in [1.29, 1.82) is 0 Å². The number of hydrogen-bond acceptors (Lipinski definition) is 2. The van der Waals surface area contributed by atoms with Gasteiger partial charge in [-0.3, -0.25) is 10.1 Å². The van der Waals surface area contributed by atoms with Gasteiger partial charge in [0.05, 0.1) is 0 Å². The van der Waals surface area contributed by atoms with E-state index in [0.29, 0.717) is 6.42 Å². The summed E-state index contributed by atoms with van der Waals surface area (Å²) in [4.78, 5) is 10.8. The number of carboxylic acids is 1. The van der Waals surface area contributed by atoms with Crippen molar-refractivity contribution in [2.24, 2.45) is 0 Å². The van der Waals surface area contributed by atoms with Gasteiger partial charge >= 0.3 is 5.97 Å². The van der Waals surface area contributed by atoms with Crippen LogP contribution < -0.4 is 5.32 Å². The van der Waals surface area contributed by atoms with Crippen molar-refractivity contribution in [1.82, 2.24) is 5.32 Å². The molecule has 1 aromatic rings. The van der Waals surface area contributed by atoms with Gasteiger partial charge in [0.1, 0.15) is 6.04 Å². The zero-order valence-electron chi connectivity index (χ0n) is 8.11. The third-order valence-electron chi connectivity index (χ3n) is 2.72. The molecule has 1 aliphatic rings. The van der Waals surface area contributed by atoms with Crippen LogP contribution in [0.15, 0.2) is 28.7 Å². The number of rotatable bonds is 2. The lowest BCUT2D eigenvalue weighted by Crippen LogP contribution is -2.31. The molecule has 4 heteroatoms. The number of aliphatic carboxylic acids is 1. The topological polar surface area (TPSA) is 49.3 Å². The highest BCUT2D eigenvalue weighted by atomic mass is 79.9. The first-order chi connectivity index (χ1) is 7.16. The van der Waals surface area contributed by atoms with E-state index in [1.165, 1.54) is 0 Å². The van der Waals surface area contributed by atoms with Crippen molar-refractivity contribution in [2.45, 2.75) is 24.9 Å². The molecule has 1 heterocycles. The van der Waals surface area contributed by atoms with Gasteiger partial charge in [0.15, 0.2) is 0 Å². The van der Waals surface area contributed by atoms with E-state index in [0.717, 1.165) is 16.5 Å². The predicted octanol–water partition coefficient (Wildman–Crippen LogP) is 2.33. The molecule has 15 heavy (non-hydrogen) atoms. The van der Waals surface area contributed by atoms with Gasteiger partial charge in [0.25, 0.3) is 0 Å². The molecule has 2 atom stereocenters. The first kappa shape index (κ1) is 10.6. The summed E-state index contributed by atoms with van der Waals surface area (Å²) in [6, 6.07) is 7.78. The number of carboxylic acid groups (broad SMARTS) is 1. The highest BCUT2D eigenvalue weighted by Gasteiger charge is 2.29. The van der Waals surface area contributed by atoms with E-state index >= 15 is 0 Å². The summed E-state index contributed by atoms with van der Waals surface area (Å²) in [5.74, 6) is -0.755. The molecule has 1 aliphatic heterocycles. The summed E-state index contributed by atoms with van der Waals surface area (Å²) < 4.78 is 1.04. The third-order valence-corrected chi connectivity index (χ3v) is 3.25. The van der Waals surface area contributed by atoms with Crippen molar-refractivity contribution in [3.05, 3.63) is 34.3 Å². The van der Waals surface area contributed by atoms with Crippen LogP contribution in [0.25, 0.3) is 0 Å². The monoisotopic (exact) mass is 269 g/mol. The molecule has 3 nitrogen and oxygen atoms in total. The Morgan fingerprint density at radius 2 is 2.00 bits per heavy atom. The minimum absolute atomic E-state index is 0.180. The SMILES string of the molecule is O=C(O)C1CCC(c2ccc(Br)cc2)N1. The molecule has 0 aliphatic carbocycles. The van der Waals surface area contributed by atoms with Crippen LogP contribution in [0.1, 0.15) is 24.4 Å². The van der Waals surface area contributed by atoms with Crippen LogP contribution in [0.4, 0.5) is 0 Å². The average Bonchev–Trinajstić information content (AvgIpc) is 2.68. The van der Waals surface area contributed by atoms with Crippen LogP contribution in [-0.4, -0.2) is 17.1 Å². The molecular weight excluding hydrogens is 258 g/mol. The summed E-state index contributed by atoms with van der Waals surface area (Å²) in [7, 11) is 0. The van der Waals surface area contributed by atoms with E-state index in [4.69, 9.17) is 5.11 Å². The number of halogens is 1. The second kappa shape index (κ2) is 4.33. The first-order valence-corrected chi connectivity index (χ1v) is 5.70. The largest absolute Gasteiger partial charge is 0.480 e. The van der Waals surface area contributed by atoms with Crippen LogP contribution in [0, 0.1) is 0 Å². The predicted molar refractivity (Wildman–Crippen MR) is 60.7 cm³/mol. The zero-order valence-corrected chi connectivity index (χ0v) is 9.70. The molecule has 0 radical (unpaired) electrons. The number of benzene rings is 1. The van der Waals surface area contributed by atoms with Crippen LogP contribution in [0.3, 0.4) is 0 Å². The standard InChI is InChI=1S/C11H12BrNO2/c12-8-3-1-7(2-4-8)9-5-6-10(13-9)11(14)15/h1-4,9-10,13H,5-6H2,(H,14,15). The lowest BCUT2D eigenvalue weighted by atomic mass is 10.1. The van der Waals surface area contributed by atoms with Gasteiger partial charge in [-0.25, -0.2) is 0 Å². The Bertz CT molecular complexity index is 363. The number of hydrogen-bond donors (Lipinski definition) is 2. The number of nitrogens with one attached hydrogen (secondary N) is 1. The fourth-order valence-electron chi connectivity index (χ4n) is 1.90. The minimum Gasteiger partial charge on any atom is -0.480 e. The van der Waals surface area contributed by atoms with Crippen molar-refractivity contribution >= 4 is 21.9 Å².